The number of carbonyl (C=O) groups excluding carboxylic acids is 1. The average Bonchev–Trinajstić information content (AvgIpc) is 2.60. The Labute approximate surface area is 137 Å². The Bertz CT molecular complexity index is 516. The molecule has 0 spiro atoms. The Kier molecular flexibility index (Phi) is 6.49. The highest BCUT2D eigenvalue weighted by Gasteiger charge is 2.21. The zero-order valence-electron chi connectivity index (χ0n) is 14.0. The Morgan fingerprint density at radius 2 is 1.87 bits per heavy atom. The molecule has 0 bridgehead atoms. The van der Waals surface area contributed by atoms with Crippen molar-refractivity contribution in [2.45, 2.75) is 0 Å². The number of methoxy groups -OCH3 is 3. The summed E-state index contributed by atoms with van der Waals surface area (Å²) in [5, 5.41) is 2.90. The van der Waals surface area contributed by atoms with Crippen molar-refractivity contribution in [3.8, 4) is 11.5 Å². The maximum atomic E-state index is 12.4. The van der Waals surface area contributed by atoms with Crippen molar-refractivity contribution < 1.29 is 19.0 Å². The third kappa shape index (κ3) is 4.74. The predicted molar refractivity (Wildman–Crippen MR) is 88.5 cm³/mol. The summed E-state index contributed by atoms with van der Waals surface area (Å²) in [7, 11) is 4.86. The molecule has 1 fully saturated rings. The minimum Gasteiger partial charge on any atom is -0.497 e. The van der Waals surface area contributed by atoms with Crippen LogP contribution < -0.4 is 14.8 Å². The number of nitrogens with one attached hydrogen (secondary N) is 1. The van der Waals surface area contributed by atoms with Crippen molar-refractivity contribution >= 4 is 11.7 Å². The van der Waals surface area contributed by atoms with Crippen LogP contribution in [0.25, 0.3) is 0 Å². The van der Waals surface area contributed by atoms with Crippen LogP contribution >= 0.6 is 0 Å². The molecule has 1 saturated heterocycles. The molecule has 0 aliphatic carbocycles. The van der Waals surface area contributed by atoms with E-state index in [1.807, 2.05) is 4.90 Å². The number of amides is 2. The lowest BCUT2D eigenvalue weighted by atomic mass is 10.2. The fourth-order valence-electron chi connectivity index (χ4n) is 2.50. The van der Waals surface area contributed by atoms with Crippen LogP contribution in [0.5, 0.6) is 11.5 Å². The number of hydrogen-bond donors (Lipinski definition) is 1. The van der Waals surface area contributed by atoms with E-state index in [0.717, 1.165) is 19.6 Å². The second-order valence-corrected chi connectivity index (χ2v) is 5.32. The van der Waals surface area contributed by atoms with Gasteiger partial charge in [0, 0.05) is 45.9 Å². The van der Waals surface area contributed by atoms with E-state index in [0.29, 0.717) is 36.9 Å². The number of ether oxygens (including phenoxy) is 3. The van der Waals surface area contributed by atoms with Crippen molar-refractivity contribution in [2.75, 3.05) is 66.0 Å². The molecule has 1 aliphatic heterocycles. The highest BCUT2D eigenvalue weighted by Crippen LogP contribution is 2.29. The topological polar surface area (TPSA) is 63.3 Å². The molecule has 1 aromatic carbocycles. The smallest absolute Gasteiger partial charge is 0.322 e. The van der Waals surface area contributed by atoms with Gasteiger partial charge in [0.25, 0.3) is 0 Å². The predicted octanol–water partition coefficient (Wildman–Crippen LogP) is 1.50. The van der Waals surface area contributed by atoms with E-state index in [9.17, 15) is 4.79 Å². The van der Waals surface area contributed by atoms with Gasteiger partial charge in [-0.15, -0.1) is 0 Å². The van der Waals surface area contributed by atoms with Gasteiger partial charge in [-0.1, -0.05) is 0 Å². The normalized spacial score (nSPS) is 15.3. The van der Waals surface area contributed by atoms with Crippen LogP contribution in [-0.2, 0) is 4.74 Å². The summed E-state index contributed by atoms with van der Waals surface area (Å²) in [5.41, 5.74) is 0.610. The summed E-state index contributed by atoms with van der Waals surface area (Å²) in [4.78, 5) is 16.5. The monoisotopic (exact) mass is 323 g/mol. The first kappa shape index (κ1) is 17.4. The first-order chi connectivity index (χ1) is 11.2. The Hall–Kier alpha value is -1.99. The lowest BCUT2D eigenvalue weighted by molar-refractivity contribution is 0.109. The van der Waals surface area contributed by atoms with Gasteiger partial charge in [-0.25, -0.2) is 4.79 Å². The molecule has 0 saturated carbocycles. The molecule has 0 unspecified atom stereocenters. The first-order valence-electron chi connectivity index (χ1n) is 7.67. The van der Waals surface area contributed by atoms with E-state index < -0.39 is 0 Å². The zero-order valence-corrected chi connectivity index (χ0v) is 14.0. The van der Waals surface area contributed by atoms with Crippen LogP contribution in [0, 0.1) is 0 Å². The highest BCUT2D eigenvalue weighted by molar-refractivity contribution is 5.91. The number of nitrogens with zero attached hydrogens (tertiary/aromatic N) is 2. The molecule has 2 amide bonds. The van der Waals surface area contributed by atoms with E-state index in [2.05, 4.69) is 10.2 Å². The van der Waals surface area contributed by atoms with E-state index in [1.165, 1.54) is 0 Å². The lowest BCUT2D eigenvalue weighted by Crippen LogP contribution is -2.50. The Balaban J connectivity index is 1.92. The van der Waals surface area contributed by atoms with Gasteiger partial charge >= 0.3 is 6.03 Å². The molecule has 128 valence electrons. The number of benzene rings is 1. The average molecular weight is 323 g/mol. The van der Waals surface area contributed by atoms with E-state index in [-0.39, 0.29) is 6.03 Å². The van der Waals surface area contributed by atoms with Gasteiger partial charge < -0.3 is 24.4 Å². The molecule has 1 N–H and O–H groups in total. The number of piperazine rings is 1. The third-order valence-electron chi connectivity index (χ3n) is 3.92. The summed E-state index contributed by atoms with van der Waals surface area (Å²) in [6, 6.07) is 5.20. The molecule has 1 aromatic rings. The second kappa shape index (κ2) is 8.59. The van der Waals surface area contributed by atoms with Crippen LogP contribution in [0.3, 0.4) is 0 Å². The van der Waals surface area contributed by atoms with Gasteiger partial charge in [-0.05, 0) is 12.1 Å². The van der Waals surface area contributed by atoms with Crippen LogP contribution in [0.1, 0.15) is 0 Å². The van der Waals surface area contributed by atoms with E-state index in [1.54, 1.807) is 39.5 Å². The van der Waals surface area contributed by atoms with E-state index >= 15 is 0 Å². The van der Waals surface area contributed by atoms with Crippen LogP contribution in [0.2, 0.25) is 0 Å². The molecular weight excluding hydrogens is 298 g/mol. The molecular formula is C16H25N3O4. The molecule has 0 aromatic heterocycles. The van der Waals surface area contributed by atoms with Crippen molar-refractivity contribution in [3.05, 3.63) is 18.2 Å². The molecule has 1 aliphatic rings. The maximum Gasteiger partial charge on any atom is 0.322 e. The van der Waals surface area contributed by atoms with Crippen LogP contribution in [0.15, 0.2) is 18.2 Å². The highest BCUT2D eigenvalue weighted by atomic mass is 16.5. The summed E-state index contributed by atoms with van der Waals surface area (Å²) >= 11 is 0. The molecule has 0 atom stereocenters. The quantitative estimate of drug-likeness (QED) is 0.859. The van der Waals surface area contributed by atoms with Crippen LogP contribution in [0.4, 0.5) is 10.5 Å². The summed E-state index contributed by atoms with van der Waals surface area (Å²) in [6.45, 7) is 4.71. The number of urea groups is 1. The fourth-order valence-corrected chi connectivity index (χ4v) is 2.50. The van der Waals surface area contributed by atoms with Gasteiger partial charge in [0.05, 0.1) is 26.5 Å². The largest absolute Gasteiger partial charge is 0.497 e. The molecule has 23 heavy (non-hydrogen) atoms. The van der Waals surface area contributed by atoms with Gasteiger partial charge in [0.15, 0.2) is 0 Å². The van der Waals surface area contributed by atoms with Crippen molar-refractivity contribution in [1.82, 2.24) is 9.80 Å². The van der Waals surface area contributed by atoms with Crippen molar-refractivity contribution in [2.24, 2.45) is 0 Å². The Morgan fingerprint density at radius 1 is 1.13 bits per heavy atom. The molecule has 0 radical (unpaired) electrons. The molecule has 2 rings (SSSR count). The minimum atomic E-state index is -0.122. The third-order valence-corrected chi connectivity index (χ3v) is 3.92. The standard InChI is InChI=1S/C16H25N3O4/c1-21-11-10-18-6-8-19(9-7-18)16(20)17-14-12-13(22-2)4-5-15(14)23-3/h4-5,12H,6-11H2,1-3H3,(H,17,20). The summed E-state index contributed by atoms with van der Waals surface area (Å²) in [5.74, 6) is 1.28. The second-order valence-electron chi connectivity index (χ2n) is 5.32. The number of hydrogen-bond acceptors (Lipinski definition) is 5. The van der Waals surface area contributed by atoms with Crippen LogP contribution in [-0.4, -0.2) is 76.5 Å². The molecule has 7 nitrogen and oxygen atoms in total. The van der Waals surface area contributed by atoms with Gasteiger partial charge in [0.2, 0.25) is 0 Å². The lowest BCUT2D eigenvalue weighted by Gasteiger charge is -2.34. The van der Waals surface area contributed by atoms with Crippen molar-refractivity contribution in [3.63, 3.8) is 0 Å². The molecule has 7 heteroatoms. The van der Waals surface area contributed by atoms with Crippen molar-refractivity contribution in [1.29, 1.82) is 0 Å². The number of anilines is 1. The first-order valence-corrected chi connectivity index (χ1v) is 7.67. The molecule has 1 heterocycles. The Morgan fingerprint density at radius 3 is 2.48 bits per heavy atom. The SMILES string of the molecule is COCCN1CCN(C(=O)Nc2cc(OC)ccc2OC)CC1. The maximum absolute atomic E-state index is 12.4. The summed E-state index contributed by atoms with van der Waals surface area (Å²) in [6.07, 6.45) is 0. The van der Waals surface area contributed by atoms with Gasteiger partial charge in [-0.3, -0.25) is 4.90 Å². The zero-order chi connectivity index (χ0) is 16.7. The number of carbonyl (C=O) groups is 1. The van der Waals surface area contributed by atoms with Gasteiger partial charge in [0.1, 0.15) is 11.5 Å². The summed E-state index contributed by atoms with van der Waals surface area (Å²) < 4.78 is 15.6. The number of rotatable bonds is 6. The fraction of sp³-hybridized carbons (Fsp3) is 0.562. The van der Waals surface area contributed by atoms with Gasteiger partial charge in [-0.2, -0.15) is 0 Å². The minimum absolute atomic E-state index is 0.122. The van der Waals surface area contributed by atoms with E-state index in [4.69, 9.17) is 14.2 Å².